The van der Waals surface area contributed by atoms with Crippen LogP contribution in [0.4, 0.5) is 5.69 Å². The molecular formula is C14H9N5O. The van der Waals surface area contributed by atoms with Gasteiger partial charge in [0.05, 0.1) is 23.6 Å². The van der Waals surface area contributed by atoms with Crippen molar-refractivity contribution in [3.63, 3.8) is 0 Å². The monoisotopic (exact) mass is 263 g/mol. The molecule has 0 aliphatic rings. The molecular weight excluding hydrogens is 254 g/mol. The number of nitrogens with two attached hydrogens (primary N) is 1. The summed E-state index contributed by atoms with van der Waals surface area (Å²) in [6, 6.07) is 9.04. The van der Waals surface area contributed by atoms with Gasteiger partial charge in [0.25, 0.3) is 0 Å². The van der Waals surface area contributed by atoms with Gasteiger partial charge < -0.3 is 10.5 Å². The molecule has 1 aromatic carbocycles. The summed E-state index contributed by atoms with van der Waals surface area (Å²) in [7, 11) is 0. The molecule has 96 valence electrons. The topological polar surface area (TPSA) is 97.7 Å². The number of aromatic nitrogens is 3. The number of benzene rings is 1. The highest BCUT2D eigenvalue weighted by Gasteiger charge is 2.07. The highest BCUT2D eigenvalue weighted by atomic mass is 16.5. The smallest absolute Gasteiger partial charge is 0.237 e. The molecule has 3 aromatic rings. The Morgan fingerprint density at radius 2 is 2.00 bits per heavy atom. The van der Waals surface area contributed by atoms with Crippen molar-refractivity contribution in [3.05, 3.63) is 48.5 Å². The zero-order valence-corrected chi connectivity index (χ0v) is 10.3. The Labute approximate surface area is 114 Å². The third-order valence-corrected chi connectivity index (χ3v) is 2.72. The van der Waals surface area contributed by atoms with Crippen LogP contribution < -0.4 is 10.5 Å². The van der Waals surface area contributed by atoms with E-state index in [1.165, 1.54) is 12.4 Å². The summed E-state index contributed by atoms with van der Waals surface area (Å²) in [5, 5.41) is 9.47. The second-order valence-electron chi connectivity index (χ2n) is 4.01. The van der Waals surface area contributed by atoms with Gasteiger partial charge in [-0.25, -0.2) is 9.97 Å². The van der Waals surface area contributed by atoms with Gasteiger partial charge in [0.1, 0.15) is 11.8 Å². The maximum absolute atomic E-state index is 8.67. The fraction of sp³-hybridized carbons (Fsp3) is 0. The lowest BCUT2D eigenvalue weighted by atomic mass is 10.2. The van der Waals surface area contributed by atoms with Crippen LogP contribution in [-0.4, -0.2) is 15.0 Å². The summed E-state index contributed by atoms with van der Waals surface area (Å²) in [4.78, 5) is 12.1. The van der Waals surface area contributed by atoms with Crippen LogP contribution in [0.15, 0.2) is 42.9 Å². The Hall–Kier alpha value is -3.20. The molecule has 0 unspecified atom stereocenters. The molecule has 6 nitrogen and oxygen atoms in total. The van der Waals surface area contributed by atoms with Gasteiger partial charge in [0.15, 0.2) is 5.69 Å². The number of ether oxygens (including phenoxy) is 1. The number of fused-ring (bicyclic) bond motifs is 1. The third-order valence-electron chi connectivity index (χ3n) is 2.72. The molecule has 0 aliphatic carbocycles. The SMILES string of the molecule is N#Cc1cnc(Oc2ccc(N)c3ncccc23)cn1. The fourth-order valence-electron chi connectivity index (χ4n) is 1.80. The van der Waals surface area contributed by atoms with Crippen molar-refractivity contribution in [2.24, 2.45) is 0 Å². The van der Waals surface area contributed by atoms with E-state index in [1.807, 2.05) is 12.1 Å². The van der Waals surface area contributed by atoms with Crippen LogP contribution in [-0.2, 0) is 0 Å². The predicted octanol–water partition coefficient (Wildman–Crippen LogP) is 2.27. The van der Waals surface area contributed by atoms with Gasteiger partial charge in [-0.15, -0.1) is 0 Å². The molecule has 0 radical (unpaired) electrons. The lowest BCUT2D eigenvalue weighted by Gasteiger charge is -2.08. The van der Waals surface area contributed by atoms with Gasteiger partial charge in [-0.3, -0.25) is 4.98 Å². The number of nitrogen functional groups attached to an aromatic ring is 1. The molecule has 2 aromatic heterocycles. The van der Waals surface area contributed by atoms with E-state index in [1.54, 1.807) is 24.4 Å². The Bertz CT molecular complexity index is 808. The molecule has 2 N–H and O–H groups in total. The van der Waals surface area contributed by atoms with Crippen LogP contribution in [0, 0.1) is 11.3 Å². The van der Waals surface area contributed by atoms with E-state index in [0.29, 0.717) is 22.8 Å². The highest BCUT2D eigenvalue weighted by Crippen LogP contribution is 2.30. The van der Waals surface area contributed by atoms with E-state index >= 15 is 0 Å². The lowest BCUT2D eigenvalue weighted by molar-refractivity contribution is 0.465. The quantitative estimate of drug-likeness (QED) is 0.712. The van der Waals surface area contributed by atoms with E-state index in [0.717, 1.165) is 5.39 Å². The van der Waals surface area contributed by atoms with Gasteiger partial charge in [-0.05, 0) is 24.3 Å². The molecule has 0 aliphatic heterocycles. The minimum atomic E-state index is 0.237. The summed E-state index contributed by atoms with van der Waals surface area (Å²) < 4.78 is 5.67. The van der Waals surface area contributed by atoms with Gasteiger partial charge in [-0.2, -0.15) is 5.26 Å². The predicted molar refractivity (Wildman–Crippen MR) is 73.0 cm³/mol. The molecule has 0 saturated carbocycles. The molecule has 0 saturated heterocycles. The van der Waals surface area contributed by atoms with E-state index < -0.39 is 0 Å². The first kappa shape index (κ1) is 11.9. The highest BCUT2D eigenvalue weighted by molar-refractivity contribution is 5.93. The standard InChI is InChI=1S/C14H9N5O/c15-6-9-7-19-13(8-18-9)20-12-4-3-11(16)14-10(12)2-1-5-17-14/h1-5,7-8H,16H2. The van der Waals surface area contributed by atoms with Gasteiger partial charge in [0.2, 0.25) is 5.88 Å². The van der Waals surface area contributed by atoms with Crippen LogP contribution in [0.3, 0.4) is 0 Å². The summed E-state index contributed by atoms with van der Waals surface area (Å²) >= 11 is 0. The number of pyridine rings is 1. The molecule has 0 atom stereocenters. The zero-order chi connectivity index (χ0) is 13.9. The Balaban J connectivity index is 2.02. The first-order chi connectivity index (χ1) is 9.78. The van der Waals surface area contributed by atoms with Crippen molar-refractivity contribution in [1.29, 1.82) is 5.26 Å². The van der Waals surface area contributed by atoms with Crippen molar-refractivity contribution in [3.8, 4) is 17.7 Å². The molecule has 0 bridgehead atoms. The van der Waals surface area contributed by atoms with Crippen LogP contribution in [0.5, 0.6) is 11.6 Å². The minimum Gasteiger partial charge on any atom is -0.437 e. The third kappa shape index (κ3) is 2.08. The second-order valence-corrected chi connectivity index (χ2v) is 4.01. The van der Waals surface area contributed by atoms with E-state index in [4.69, 9.17) is 15.7 Å². The maximum atomic E-state index is 8.67. The Morgan fingerprint density at radius 1 is 1.10 bits per heavy atom. The summed E-state index contributed by atoms with van der Waals surface area (Å²) in [5.41, 5.74) is 7.37. The van der Waals surface area contributed by atoms with E-state index in [-0.39, 0.29) is 5.69 Å². The summed E-state index contributed by atoms with van der Waals surface area (Å²) in [5.74, 6) is 0.889. The molecule has 3 rings (SSSR count). The first-order valence-electron chi connectivity index (χ1n) is 5.81. The van der Waals surface area contributed by atoms with Crippen LogP contribution in [0.25, 0.3) is 10.9 Å². The summed E-state index contributed by atoms with van der Waals surface area (Å²) in [6.07, 6.45) is 4.42. The summed E-state index contributed by atoms with van der Waals surface area (Å²) in [6.45, 7) is 0. The molecule has 20 heavy (non-hydrogen) atoms. The average molecular weight is 263 g/mol. The Kier molecular flexibility index (Phi) is 2.86. The van der Waals surface area contributed by atoms with Crippen molar-refractivity contribution in [1.82, 2.24) is 15.0 Å². The second kappa shape index (κ2) is 4.82. The zero-order valence-electron chi connectivity index (χ0n) is 10.3. The van der Waals surface area contributed by atoms with Crippen molar-refractivity contribution < 1.29 is 4.74 Å². The lowest BCUT2D eigenvalue weighted by Crippen LogP contribution is -1.94. The van der Waals surface area contributed by atoms with Gasteiger partial charge >= 0.3 is 0 Å². The van der Waals surface area contributed by atoms with Crippen LogP contribution in [0.1, 0.15) is 5.69 Å². The van der Waals surface area contributed by atoms with E-state index in [2.05, 4.69) is 15.0 Å². The number of rotatable bonds is 2. The average Bonchev–Trinajstić information content (AvgIpc) is 2.51. The van der Waals surface area contributed by atoms with Gasteiger partial charge in [0, 0.05) is 11.6 Å². The largest absolute Gasteiger partial charge is 0.437 e. The van der Waals surface area contributed by atoms with Crippen LogP contribution in [0.2, 0.25) is 0 Å². The minimum absolute atomic E-state index is 0.237. The molecule has 0 spiro atoms. The van der Waals surface area contributed by atoms with Crippen LogP contribution >= 0.6 is 0 Å². The number of hydrogen-bond donors (Lipinski definition) is 1. The van der Waals surface area contributed by atoms with Crippen molar-refractivity contribution >= 4 is 16.6 Å². The number of nitrogens with zero attached hydrogens (tertiary/aromatic N) is 4. The van der Waals surface area contributed by atoms with Crippen molar-refractivity contribution in [2.75, 3.05) is 5.73 Å². The first-order valence-corrected chi connectivity index (χ1v) is 5.81. The molecule has 0 amide bonds. The van der Waals surface area contributed by atoms with E-state index in [9.17, 15) is 0 Å². The number of nitriles is 1. The maximum Gasteiger partial charge on any atom is 0.237 e. The molecule has 2 heterocycles. The van der Waals surface area contributed by atoms with Crippen molar-refractivity contribution in [2.45, 2.75) is 0 Å². The molecule has 6 heteroatoms. The molecule has 0 fully saturated rings. The normalized spacial score (nSPS) is 10.2. The fourth-order valence-corrected chi connectivity index (χ4v) is 1.80. The number of hydrogen-bond acceptors (Lipinski definition) is 6. The van der Waals surface area contributed by atoms with Gasteiger partial charge in [-0.1, -0.05) is 0 Å². The Morgan fingerprint density at radius 3 is 2.75 bits per heavy atom. The number of anilines is 1.